The third-order valence-corrected chi connectivity index (χ3v) is 4.82. The molecular formula is C24H18N4O2. The molecule has 0 radical (unpaired) electrons. The van der Waals surface area contributed by atoms with Crippen LogP contribution in [-0.4, -0.2) is 32.1 Å². The summed E-state index contributed by atoms with van der Waals surface area (Å²) in [7, 11) is 0. The van der Waals surface area contributed by atoms with Crippen LogP contribution in [0.25, 0.3) is 39.4 Å². The number of carbonyl (C=O) groups excluding carboxylic acids is 1. The maximum atomic E-state index is 12.3. The first-order valence-corrected chi connectivity index (χ1v) is 9.73. The number of nitrogens with zero attached hydrogens (tertiary/aromatic N) is 4. The van der Waals surface area contributed by atoms with Crippen LogP contribution < -0.4 is 0 Å². The molecule has 0 N–H and O–H groups in total. The monoisotopic (exact) mass is 394 g/mol. The average Bonchev–Trinajstić information content (AvgIpc) is 3.16. The Labute approximate surface area is 172 Å². The fraction of sp³-hybridized carbons (Fsp3) is 0.0833. The van der Waals surface area contributed by atoms with Gasteiger partial charge >= 0.3 is 5.97 Å². The molecule has 6 heteroatoms. The Balaban J connectivity index is 1.80. The van der Waals surface area contributed by atoms with E-state index in [0.29, 0.717) is 29.3 Å². The molecule has 0 saturated heterocycles. The van der Waals surface area contributed by atoms with Crippen molar-refractivity contribution in [2.45, 2.75) is 6.92 Å². The van der Waals surface area contributed by atoms with Crippen molar-refractivity contribution in [3.05, 3.63) is 84.4 Å². The first kappa shape index (κ1) is 18.0. The molecule has 2 heterocycles. The summed E-state index contributed by atoms with van der Waals surface area (Å²) in [6, 6.07) is 24.9. The van der Waals surface area contributed by atoms with E-state index in [1.54, 1.807) is 19.1 Å². The summed E-state index contributed by atoms with van der Waals surface area (Å²) in [6.07, 6.45) is 0. The molecule has 0 aliphatic heterocycles. The van der Waals surface area contributed by atoms with E-state index in [1.165, 1.54) is 0 Å². The Morgan fingerprint density at radius 2 is 1.60 bits per heavy atom. The van der Waals surface area contributed by atoms with Crippen LogP contribution in [0, 0.1) is 0 Å². The SMILES string of the molecule is CCOC(=O)c1cccc(-n2c(-c3ccccc3)nc3nc4ccccc4nc32)c1. The lowest BCUT2D eigenvalue weighted by molar-refractivity contribution is 0.0526. The zero-order valence-electron chi connectivity index (χ0n) is 16.3. The quantitative estimate of drug-likeness (QED) is 0.409. The van der Waals surface area contributed by atoms with Gasteiger partial charge in [-0.25, -0.2) is 19.7 Å². The molecular weight excluding hydrogens is 376 g/mol. The molecule has 30 heavy (non-hydrogen) atoms. The van der Waals surface area contributed by atoms with Gasteiger partial charge in [-0.05, 0) is 37.3 Å². The topological polar surface area (TPSA) is 69.9 Å². The van der Waals surface area contributed by atoms with Crippen molar-refractivity contribution in [3.63, 3.8) is 0 Å². The van der Waals surface area contributed by atoms with Crippen molar-refractivity contribution in [3.8, 4) is 17.1 Å². The van der Waals surface area contributed by atoms with Gasteiger partial charge in [-0.1, -0.05) is 48.5 Å². The lowest BCUT2D eigenvalue weighted by atomic mass is 10.1. The van der Waals surface area contributed by atoms with E-state index in [0.717, 1.165) is 22.3 Å². The molecule has 0 saturated carbocycles. The van der Waals surface area contributed by atoms with E-state index in [1.807, 2.05) is 71.3 Å². The van der Waals surface area contributed by atoms with Crippen LogP contribution in [0.2, 0.25) is 0 Å². The largest absolute Gasteiger partial charge is 0.462 e. The predicted octanol–water partition coefficient (Wildman–Crippen LogP) is 4.81. The highest BCUT2D eigenvalue weighted by Gasteiger charge is 2.18. The second kappa shape index (κ2) is 7.40. The van der Waals surface area contributed by atoms with E-state index in [-0.39, 0.29) is 5.97 Å². The number of benzene rings is 3. The molecule has 5 rings (SSSR count). The summed E-state index contributed by atoms with van der Waals surface area (Å²) in [4.78, 5) is 26.6. The van der Waals surface area contributed by atoms with E-state index >= 15 is 0 Å². The summed E-state index contributed by atoms with van der Waals surface area (Å²) in [5.74, 6) is 0.350. The Kier molecular flexibility index (Phi) is 4.44. The third kappa shape index (κ3) is 3.08. The van der Waals surface area contributed by atoms with Crippen LogP contribution in [0.15, 0.2) is 78.9 Å². The molecule has 0 amide bonds. The smallest absolute Gasteiger partial charge is 0.338 e. The van der Waals surface area contributed by atoms with Crippen LogP contribution in [0.4, 0.5) is 0 Å². The molecule has 0 fully saturated rings. The summed E-state index contributed by atoms with van der Waals surface area (Å²) < 4.78 is 7.11. The van der Waals surface area contributed by atoms with Gasteiger partial charge in [0.15, 0.2) is 11.3 Å². The molecule has 0 spiro atoms. The highest BCUT2D eigenvalue weighted by atomic mass is 16.5. The molecule has 0 aliphatic carbocycles. The van der Waals surface area contributed by atoms with Gasteiger partial charge in [-0.3, -0.25) is 4.57 Å². The number of hydrogen-bond acceptors (Lipinski definition) is 5. The van der Waals surface area contributed by atoms with E-state index < -0.39 is 0 Å². The van der Waals surface area contributed by atoms with Crippen LogP contribution in [0.1, 0.15) is 17.3 Å². The van der Waals surface area contributed by atoms with Gasteiger partial charge in [-0.2, -0.15) is 0 Å². The molecule has 6 nitrogen and oxygen atoms in total. The number of rotatable bonds is 4. The highest BCUT2D eigenvalue weighted by molar-refractivity contribution is 5.91. The van der Waals surface area contributed by atoms with Crippen LogP contribution in [-0.2, 0) is 4.74 Å². The Hall–Kier alpha value is -4.06. The highest BCUT2D eigenvalue weighted by Crippen LogP contribution is 2.28. The molecule has 3 aromatic carbocycles. The van der Waals surface area contributed by atoms with Crippen molar-refractivity contribution in [2.75, 3.05) is 6.61 Å². The van der Waals surface area contributed by atoms with Crippen LogP contribution in [0.5, 0.6) is 0 Å². The number of esters is 1. The first-order valence-electron chi connectivity index (χ1n) is 9.73. The standard InChI is InChI=1S/C24H18N4O2/c1-2-30-24(29)17-11-8-12-18(15-17)28-22(16-9-4-3-5-10-16)27-21-23(28)26-20-14-7-6-13-19(20)25-21/h3-15H,2H2,1H3. The minimum Gasteiger partial charge on any atom is -0.462 e. The van der Waals surface area contributed by atoms with Gasteiger partial charge < -0.3 is 4.74 Å². The fourth-order valence-corrected chi connectivity index (χ4v) is 3.47. The van der Waals surface area contributed by atoms with Gasteiger partial charge in [0.05, 0.1) is 28.9 Å². The van der Waals surface area contributed by atoms with Crippen molar-refractivity contribution in [2.24, 2.45) is 0 Å². The number of aromatic nitrogens is 4. The summed E-state index contributed by atoms with van der Waals surface area (Å²) in [5.41, 5.74) is 4.93. The number of carbonyl (C=O) groups is 1. The Bertz CT molecular complexity index is 1380. The van der Waals surface area contributed by atoms with Crippen molar-refractivity contribution in [1.29, 1.82) is 0 Å². The van der Waals surface area contributed by atoms with Gasteiger partial charge in [0, 0.05) is 5.56 Å². The van der Waals surface area contributed by atoms with Crippen molar-refractivity contribution >= 4 is 28.3 Å². The molecule has 0 atom stereocenters. The lowest BCUT2D eigenvalue weighted by Gasteiger charge is -2.10. The molecule has 5 aromatic rings. The maximum Gasteiger partial charge on any atom is 0.338 e. The normalized spacial score (nSPS) is 11.1. The number of ether oxygens (including phenoxy) is 1. The number of imidazole rings is 1. The molecule has 146 valence electrons. The van der Waals surface area contributed by atoms with Crippen LogP contribution >= 0.6 is 0 Å². The summed E-state index contributed by atoms with van der Waals surface area (Å²) in [6.45, 7) is 2.11. The fourth-order valence-electron chi connectivity index (χ4n) is 3.47. The van der Waals surface area contributed by atoms with Gasteiger partial charge in [-0.15, -0.1) is 0 Å². The predicted molar refractivity (Wildman–Crippen MR) is 116 cm³/mol. The Morgan fingerprint density at radius 3 is 2.37 bits per heavy atom. The maximum absolute atomic E-state index is 12.3. The molecule has 0 aliphatic rings. The molecule has 2 aromatic heterocycles. The van der Waals surface area contributed by atoms with Crippen molar-refractivity contribution < 1.29 is 9.53 Å². The first-order chi connectivity index (χ1) is 14.7. The van der Waals surface area contributed by atoms with Crippen molar-refractivity contribution in [1.82, 2.24) is 19.5 Å². The number of hydrogen-bond donors (Lipinski definition) is 0. The second-order valence-corrected chi connectivity index (χ2v) is 6.77. The minimum atomic E-state index is -0.360. The van der Waals surface area contributed by atoms with E-state index in [2.05, 4.69) is 0 Å². The number of para-hydroxylation sites is 2. The number of fused-ring (bicyclic) bond motifs is 2. The zero-order valence-corrected chi connectivity index (χ0v) is 16.3. The van der Waals surface area contributed by atoms with Gasteiger partial charge in [0.25, 0.3) is 0 Å². The summed E-state index contributed by atoms with van der Waals surface area (Å²) in [5, 5.41) is 0. The second-order valence-electron chi connectivity index (χ2n) is 6.77. The lowest BCUT2D eigenvalue weighted by Crippen LogP contribution is -2.06. The molecule has 0 bridgehead atoms. The Morgan fingerprint density at radius 1 is 0.867 bits per heavy atom. The third-order valence-electron chi connectivity index (χ3n) is 4.82. The zero-order chi connectivity index (χ0) is 20.5. The minimum absolute atomic E-state index is 0.323. The van der Waals surface area contributed by atoms with Gasteiger partial charge in [0.1, 0.15) is 5.82 Å². The van der Waals surface area contributed by atoms with E-state index in [4.69, 9.17) is 19.7 Å². The average molecular weight is 394 g/mol. The van der Waals surface area contributed by atoms with Crippen LogP contribution in [0.3, 0.4) is 0 Å². The molecule has 0 unspecified atom stereocenters. The van der Waals surface area contributed by atoms with E-state index in [9.17, 15) is 4.79 Å². The van der Waals surface area contributed by atoms with Gasteiger partial charge in [0.2, 0.25) is 0 Å². The summed E-state index contributed by atoms with van der Waals surface area (Å²) >= 11 is 0.